The first-order valence-corrected chi connectivity index (χ1v) is 9.21. The van der Waals surface area contributed by atoms with Gasteiger partial charge in [0.2, 0.25) is 0 Å². The monoisotopic (exact) mass is 326 g/mol. The number of fused-ring (bicyclic) bond motifs is 2. The predicted molar refractivity (Wildman–Crippen MR) is 92.1 cm³/mol. The quantitative estimate of drug-likeness (QED) is 0.507. The molecule has 0 heterocycles. The first-order chi connectivity index (χ1) is 10.6. The molecule has 3 atom stereocenters. The Bertz CT molecular complexity index is 432. The van der Waals surface area contributed by atoms with Crippen molar-refractivity contribution in [2.24, 2.45) is 16.7 Å². The number of rotatable bonds is 8. The summed E-state index contributed by atoms with van der Waals surface area (Å²) in [5.74, 6) is 0.703. The van der Waals surface area contributed by atoms with Crippen molar-refractivity contribution in [3.8, 4) is 0 Å². The van der Waals surface area contributed by atoms with E-state index in [-0.39, 0.29) is 5.97 Å². The highest BCUT2D eigenvalue weighted by atomic mass is 16.5. The van der Waals surface area contributed by atoms with Crippen LogP contribution in [0.3, 0.4) is 0 Å². The van der Waals surface area contributed by atoms with Crippen molar-refractivity contribution in [2.75, 3.05) is 40.4 Å². The topological polar surface area (TPSA) is 35.5 Å². The van der Waals surface area contributed by atoms with Crippen LogP contribution >= 0.6 is 0 Å². The maximum absolute atomic E-state index is 11.8. The molecule has 2 saturated carbocycles. The highest BCUT2D eigenvalue weighted by Crippen LogP contribution is 2.66. The lowest BCUT2D eigenvalue weighted by atomic mass is 9.70. The highest BCUT2D eigenvalue weighted by molar-refractivity contribution is 5.70. The van der Waals surface area contributed by atoms with Crippen LogP contribution < -0.4 is 0 Å². The summed E-state index contributed by atoms with van der Waals surface area (Å²) in [5, 5.41) is 0. The molecule has 4 nitrogen and oxygen atoms in total. The second-order valence-electron chi connectivity index (χ2n) is 9.01. The molecule has 0 aromatic rings. The number of carbonyl (C=O) groups is 1. The van der Waals surface area contributed by atoms with E-state index < -0.39 is 0 Å². The summed E-state index contributed by atoms with van der Waals surface area (Å²) in [6.07, 6.45) is 5.10. The Kier molecular flexibility index (Phi) is 5.47. The van der Waals surface area contributed by atoms with Gasteiger partial charge >= 0.3 is 5.97 Å². The number of likely N-dealkylation sites (N-methyl/N-ethyl adjacent to an activating group) is 1. The molecule has 134 valence electrons. The highest BCUT2D eigenvalue weighted by Gasteiger charge is 2.61. The van der Waals surface area contributed by atoms with Gasteiger partial charge in [0.05, 0.1) is 33.4 Å². The van der Waals surface area contributed by atoms with Gasteiger partial charge < -0.3 is 14.0 Å². The summed E-state index contributed by atoms with van der Waals surface area (Å²) in [6.45, 7) is 11.8. The van der Waals surface area contributed by atoms with Crippen LogP contribution in [0, 0.1) is 16.7 Å². The van der Waals surface area contributed by atoms with Crippen LogP contribution in [0.25, 0.3) is 0 Å². The lowest BCUT2D eigenvalue weighted by Gasteiger charge is -2.39. The van der Waals surface area contributed by atoms with E-state index in [9.17, 15) is 4.79 Å². The van der Waals surface area contributed by atoms with Gasteiger partial charge in [0.15, 0.2) is 6.54 Å². The lowest BCUT2D eigenvalue weighted by Crippen LogP contribution is -2.47. The molecule has 0 radical (unpaired) electrons. The average Bonchev–Trinajstić information content (AvgIpc) is 2.77. The van der Waals surface area contributed by atoms with Gasteiger partial charge in [0, 0.05) is 0 Å². The SMILES string of the molecule is CCCOC(=O)C[N+](C)(C)CCOC1CC2CCC1(C)C2(C)C. The molecule has 2 aliphatic rings. The molecular formula is C19H36NO3+. The van der Waals surface area contributed by atoms with E-state index in [0.717, 1.165) is 25.5 Å². The molecule has 0 N–H and O–H groups in total. The molecule has 0 aromatic carbocycles. The molecule has 2 bridgehead atoms. The number of hydrogen-bond acceptors (Lipinski definition) is 3. The minimum Gasteiger partial charge on any atom is -0.462 e. The fourth-order valence-corrected chi connectivity index (χ4v) is 4.51. The van der Waals surface area contributed by atoms with E-state index in [1.54, 1.807) is 0 Å². The summed E-state index contributed by atoms with van der Waals surface area (Å²) in [6, 6.07) is 0. The van der Waals surface area contributed by atoms with E-state index in [1.165, 1.54) is 19.3 Å². The number of quaternary nitrogens is 1. The summed E-state index contributed by atoms with van der Waals surface area (Å²) >= 11 is 0. The fraction of sp³-hybridized carbons (Fsp3) is 0.947. The van der Waals surface area contributed by atoms with Gasteiger partial charge in [-0.1, -0.05) is 27.7 Å². The predicted octanol–water partition coefficient (Wildman–Crippen LogP) is 3.25. The molecule has 2 aliphatic carbocycles. The smallest absolute Gasteiger partial charge is 0.361 e. The second kappa shape index (κ2) is 6.72. The van der Waals surface area contributed by atoms with E-state index in [4.69, 9.17) is 9.47 Å². The van der Waals surface area contributed by atoms with Gasteiger partial charge in [0.25, 0.3) is 0 Å². The van der Waals surface area contributed by atoms with Crippen LogP contribution in [-0.2, 0) is 14.3 Å². The average molecular weight is 327 g/mol. The number of carbonyl (C=O) groups excluding carboxylic acids is 1. The van der Waals surface area contributed by atoms with Crippen molar-refractivity contribution >= 4 is 5.97 Å². The van der Waals surface area contributed by atoms with Gasteiger partial charge in [-0.15, -0.1) is 0 Å². The minimum atomic E-state index is -0.107. The molecule has 2 rings (SSSR count). The Morgan fingerprint density at radius 3 is 2.43 bits per heavy atom. The van der Waals surface area contributed by atoms with Crippen molar-refractivity contribution in [1.82, 2.24) is 0 Å². The van der Waals surface area contributed by atoms with Crippen molar-refractivity contribution < 1.29 is 18.8 Å². The standard InChI is InChI=1S/C19H36NO3/c1-7-11-23-17(21)14-20(5,6)10-12-22-16-13-15-8-9-19(16,4)18(15,2)3/h15-16H,7-14H2,1-6H3/q+1. The molecule has 0 spiro atoms. The molecule has 3 unspecified atom stereocenters. The summed E-state index contributed by atoms with van der Waals surface area (Å²) in [7, 11) is 4.14. The number of hydrogen-bond donors (Lipinski definition) is 0. The Balaban J connectivity index is 1.78. The van der Waals surface area contributed by atoms with Crippen LogP contribution in [0.4, 0.5) is 0 Å². The van der Waals surface area contributed by atoms with E-state index in [1.807, 2.05) is 6.92 Å². The zero-order valence-corrected chi connectivity index (χ0v) is 16.0. The van der Waals surface area contributed by atoms with Gasteiger partial charge in [-0.05, 0) is 42.4 Å². The molecular weight excluding hydrogens is 290 g/mol. The maximum atomic E-state index is 11.8. The van der Waals surface area contributed by atoms with Crippen LogP contribution in [0.5, 0.6) is 0 Å². The number of esters is 1. The maximum Gasteiger partial charge on any atom is 0.361 e. The van der Waals surface area contributed by atoms with E-state index >= 15 is 0 Å². The summed E-state index contributed by atoms with van der Waals surface area (Å²) < 4.78 is 12.1. The third kappa shape index (κ3) is 3.74. The first kappa shape index (κ1) is 18.7. The lowest BCUT2D eigenvalue weighted by molar-refractivity contribution is -0.883. The van der Waals surface area contributed by atoms with Crippen LogP contribution in [0.15, 0.2) is 0 Å². The first-order valence-electron chi connectivity index (χ1n) is 9.21. The molecule has 0 amide bonds. The van der Waals surface area contributed by atoms with Gasteiger partial charge in [-0.2, -0.15) is 0 Å². The van der Waals surface area contributed by atoms with Crippen molar-refractivity contribution in [3.63, 3.8) is 0 Å². The van der Waals surface area contributed by atoms with Crippen molar-refractivity contribution in [2.45, 2.75) is 59.5 Å². The van der Waals surface area contributed by atoms with Crippen LogP contribution in [-0.4, -0.2) is 57.0 Å². The zero-order chi connectivity index (χ0) is 17.3. The summed E-state index contributed by atoms with van der Waals surface area (Å²) in [5.41, 5.74) is 0.709. The van der Waals surface area contributed by atoms with E-state index in [0.29, 0.717) is 34.6 Å². The Morgan fingerprint density at radius 2 is 1.91 bits per heavy atom. The normalized spacial score (nSPS) is 32.3. The van der Waals surface area contributed by atoms with Crippen molar-refractivity contribution in [3.05, 3.63) is 0 Å². The molecule has 0 saturated heterocycles. The Hall–Kier alpha value is -0.610. The molecule has 0 aliphatic heterocycles. The fourth-order valence-electron chi connectivity index (χ4n) is 4.51. The zero-order valence-electron chi connectivity index (χ0n) is 16.0. The van der Waals surface area contributed by atoms with Crippen LogP contribution in [0.2, 0.25) is 0 Å². The van der Waals surface area contributed by atoms with Gasteiger partial charge in [0.1, 0.15) is 6.54 Å². The van der Waals surface area contributed by atoms with Crippen LogP contribution in [0.1, 0.15) is 53.4 Å². The second-order valence-corrected chi connectivity index (χ2v) is 9.01. The van der Waals surface area contributed by atoms with Gasteiger partial charge in [-0.3, -0.25) is 0 Å². The van der Waals surface area contributed by atoms with E-state index in [2.05, 4.69) is 34.9 Å². The third-order valence-electron chi connectivity index (χ3n) is 6.75. The number of ether oxygens (including phenoxy) is 2. The van der Waals surface area contributed by atoms with Gasteiger partial charge in [-0.25, -0.2) is 4.79 Å². The molecule has 23 heavy (non-hydrogen) atoms. The summed E-state index contributed by atoms with van der Waals surface area (Å²) in [4.78, 5) is 11.8. The van der Waals surface area contributed by atoms with Crippen molar-refractivity contribution in [1.29, 1.82) is 0 Å². The Morgan fingerprint density at radius 1 is 1.22 bits per heavy atom. The largest absolute Gasteiger partial charge is 0.462 e. The molecule has 4 heteroatoms. The number of nitrogens with zero attached hydrogens (tertiary/aromatic N) is 1. The third-order valence-corrected chi connectivity index (χ3v) is 6.75. The minimum absolute atomic E-state index is 0.107. The Labute approximate surface area is 142 Å². The molecule has 2 fully saturated rings. The molecule has 0 aromatic heterocycles.